The largest absolute Gasteiger partial charge is 0.375 e. The lowest BCUT2D eigenvalue weighted by molar-refractivity contribution is 0.588. The summed E-state index contributed by atoms with van der Waals surface area (Å²) >= 11 is 6.62. The average Bonchev–Trinajstić information content (AvgIpc) is 2.31. The molecule has 0 spiro atoms. The molecule has 0 saturated heterocycles. The Morgan fingerprint density at radius 3 is 2.44 bits per heavy atom. The van der Waals surface area contributed by atoms with Gasteiger partial charge in [0.05, 0.1) is 12.2 Å². The summed E-state index contributed by atoms with van der Waals surface area (Å²) in [6.07, 6.45) is 1.62. The van der Waals surface area contributed by atoms with Crippen LogP contribution in [-0.2, 0) is 6.54 Å². The van der Waals surface area contributed by atoms with Crippen LogP contribution in [-0.4, -0.2) is 4.98 Å². The number of halogens is 4. The Kier molecular flexibility index (Phi) is 4.29. The van der Waals surface area contributed by atoms with E-state index in [1.165, 1.54) is 18.2 Å². The maximum atomic E-state index is 13.4. The molecule has 94 valence electrons. The summed E-state index contributed by atoms with van der Waals surface area (Å²) in [4.78, 5) is 4.15. The molecular formula is C12H8Br2F2N2. The Morgan fingerprint density at radius 2 is 1.83 bits per heavy atom. The summed E-state index contributed by atoms with van der Waals surface area (Å²) in [5, 5.41) is 2.70. The second kappa shape index (κ2) is 5.75. The van der Waals surface area contributed by atoms with E-state index in [4.69, 9.17) is 0 Å². The van der Waals surface area contributed by atoms with Gasteiger partial charge in [0.2, 0.25) is 0 Å². The van der Waals surface area contributed by atoms with E-state index in [1.54, 1.807) is 6.20 Å². The molecule has 2 aromatic rings. The minimum atomic E-state index is -0.622. The van der Waals surface area contributed by atoms with Gasteiger partial charge in [-0.05, 0) is 50.1 Å². The number of para-hydroxylation sites is 1. The van der Waals surface area contributed by atoms with Crippen LogP contribution >= 0.6 is 31.9 Å². The molecule has 0 bridgehead atoms. The highest BCUT2D eigenvalue weighted by molar-refractivity contribution is 9.11. The molecule has 0 saturated carbocycles. The van der Waals surface area contributed by atoms with E-state index in [1.807, 2.05) is 6.07 Å². The third kappa shape index (κ3) is 3.05. The molecule has 1 aromatic carbocycles. The van der Waals surface area contributed by atoms with E-state index in [0.29, 0.717) is 5.69 Å². The SMILES string of the molecule is Fc1cccc(F)c1NCc1ncc(Br)cc1Br. The molecule has 0 unspecified atom stereocenters. The van der Waals surface area contributed by atoms with Crippen molar-refractivity contribution < 1.29 is 8.78 Å². The normalized spacial score (nSPS) is 10.4. The van der Waals surface area contributed by atoms with Crippen molar-refractivity contribution >= 4 is 37.5 Å². The first-order valence-electron chi connectivity index (χ1n) is 5.05. The molecule has 0 aliphatic carbocycles. The summed E-state index contributed by atoms with van der Waals surface area (Å²) in [5.74, 6) is -1.24. The van der Waals surface area contributed by atoms with Crippen LogP contribution in [0, 0.1) is 11.6 Å². The van der Waals surface area contributed by atoms with Crippen molar-refractivity contribution in [2.75, 3.05) is 5.32 Å². The number of nitrogens with one attached hydrogen (secondary N) is 1. The van der Waals surface area contributed by atoms with E-state index in [0.717, 1.165) is 8.95 Å². The summed E-state index contributed by atoms with van der Waals surface area (Å²) in [5.41, 5.74) is 0.523. The lowest BCUT2D eigenvalue weighted by Gasteiger charge is -2.09. The van der Waals surface area contributed by atoms with E-state index in [2.05, 4.69) is 42.2 Å². The van der Waals surface area contributed by atoms with Crippen LogP contribution < -0.4 is 5.32 Å². The van der Waals surface area contributed by atoms with Crippen molar-refractivity contribution in [3.63, 3.8) is 0 Å². The predicted molar refractivity (Wildman–Crippen MR) is 73.3 cm³/mol. The van der Waals surface area contributed by atoms with Crippen LogP contribution in [0.4, 0.5) is 14.5 Å². The van der Waals surface area contributed by atoms with E-state index < -0.39 is 11.6 Å². The number of rotatable bonds is 3. The number of benzene rings is 1. The Balaban J connectivity index is 2.16. The van der Waals surface area contributed by atoms with Gasteiger partial charge in [0.1, 0.15) is 17.3 Å². The lowest BCUT2D eigenvalue weighted by atomic mass is 10.2. The number of hydrogen-bond donors (Lipinski definition) is 1. The number of aromatic nitrogens is 1. The first kappa shape index (κ1) is 13.4. The molecular weight excluding hydrogens is 370 g/mol. The molecule has 0 amide bonds. The molecule has 0 aliphatic rings. The molecule has 1 aromatic heterocycles. The maximum Gasteiger partial charge on any atom is 0.149 e. The van der Waals surface area contributed by atoms with E-state index >= 15 is 0 Å². The highest BCUT2D eigenvalue weighted by atomic mass is 79.9. The van der Waals surface area contributed by atoms with Gasteiger partial charge >= 0.3 is 0 Å². The summed E-state index contributed by atoms with van der Waals surface area (Å²) in [7, 11) is 0. The zero-order valence-corrected chi connectivity index (χ0v) is 12.2. The number of anilines is 1. The van der Waals surface area contributed by atoms with Crippen LogP contribution in [0.5, 0.6) is 0 Å². The van der Waals surface area contributed by atoms with Crippen molar-refractivity contribution in [3.05, 3.63) is 56.7 Å². The fourth-order valence-corrected chi connectivity index (χ4v) is 2.54. The fraction of sp³-hybridized carbons (Fsp3) is 0.0833. The van der Waals surface area contributed by atoms with Crippen molar-refractivity contribution in [3.8, 4) is 0 Å². The Labute approximate surface area is 120 Å². The van der Waals surface area contributed by atoms with Gasteiger partial charge < -0.3 is 5.32 Å². The van der Waals surface area contributed by atoms with Gasteiger partial charge in [-0.1, -0.05) is 6.07 Å². The first-order chi connectivity index (χ1) is 8.58. The minimum absolute atomic E-state index is 0.144. The highest BCUT2D eigenvalue weighted by Gasteiger charge is 2.09. The number of hydrogen-bond acceptors (Lipinski definition) is 2. The topological polar surface area (TPSA) is 24.9 Å². The number of pyridine rings is 1. The highest BCUT2D eigenvalue weighted by Crippen LogP contribution is 2.22. The zero-order valence-electron chi connectivity index (χ0n) is 9.05. The van der Waals surface area contributed by atoms with Gasteiger partial charge in [-0.3, -0.25) is 4.98 Å². The van der Waals surface area contributed by atoms with Crippen LogP contribution in [0.15, 0.2) is 39.4 Å². The fourth-order valence-electron chi connectivity index (χ4n) is 1.41. The summed E-state index contributed by atoms with van der Waals surface area (Å²) in [6, 6.07) is 5.55. The average molecular weight is 378 g/mol. The van der Waals surface area contributed by atoms with Crippen LogP contribution in [0.3, 0.4) is 0 Å². The lowest BCUT2D eigenvalue weighted by Crippen LogP contribution is -2.05. The van der Waals surface area contributed by atoms with E-state index in [-0.39, 0.29) is 12.2 Å². The van der Waals surface area contributed by atoms with Gasteiger partial charge in [-0.2, -0.15) is 0 Å². The standard InChI is InChI=1S/C12H8Br2F2N2/c13-7-4-8(14)11(17-5-7)6-18-12-9(15)2-1-3-10(12)16/h1-5,18H,6H2. The molecule has 0 atom stereocenters. The van der Waals surface area contributed by atoms with Gasteiger partial charge in [0.15, 0.2) is 0 Å². The molecule has 1 heterocycles. The molecule has 0 radical (unpaired) electrons. The Hall–Kier alpha value is -1.01. The monoisotopic (exact) mass is 376 g/mol. The first-order valence-corrected chi connectivity index (χ1v) is 6.64. The molecule has 6 heteroatoms. The van der Waals surface area contributed by atoms with Gasteiger partial charge in [-0.25, -0.2) is 8.78 Å². The minimum Gasteiger partial charge on any atom is -0.375 e. The van der Waals surface area contributed by atoms with Gasteiger partial charge in [0, 0.05) is 15.1 Å². The zero-order chi connectivity index (χ0) is 13.1. The van der Waals surface area contributed by atoms with Crippen LogP contribution in [0.2, 0.25) is 0 Å². The smallest absolute Gasteiger partial charge is 0.149 e. The maximum absolute atomic E-state index is 13.4. The van der Waals surface area contributed by atoms with Crippen molar-refractivity contribution in [1.29, 1.82) is 0 Å². The number of nitrogens with zero attached hydrogens (tertiary/aromatic N) is 1. The Morgan fingerprint density at radius 1 is 1.17 bits per heavy atom. The van der Waals surface area contributed by atoms with Crippen LogP contribution in [0.25, 0.3) is 0 Å². The van der Waals surface area contributed by atoms with Crippen molar-refractivity contribution in [2.24, 2.45) is 0 Å². The molecule has 18 heavy (non-hydrogen) atoms. The molecule has 0 aliphatic heterocycles. The molecule has 0 fully saturated rings. The van der Waals surface area contributed by atoms with E-state index in [9.17, 15) is 8.78 Å². The third-order valence-corrected chi connectivity index (χ3v) is 3.40. The summed E-state index contributed by atoms with van der Waals surface area (Å²) < 4.78 is 28.3. The van der Waals surface area contributed by atoms with Gasteiger partial charge in [-0.15, -0.1) is 0 Å². The predicted octanol–water partition coefficient (Wildman–Crippen LogP) is 4.50. The molecule has 2 rings (SSSR count). The third-order valence-electron chi connectivity index (χ3n) is 2.28. The Bertz CT molecular complexity index is 556. The molecule has 2 nitrogen and oxygen atoms in total. The quantitative estimate of drug-likeness (QED) is 0.851. The second-order valence-corrected chi connectivity index (χ2v) is 5.30. The van der Waals surface area contributed by atoms with Crippen LogP contribution in [0.1, 0.15) is 5.69 Å². The second-order valence-electron chi connectivity index (χ2n) is 3.53. The van der Waals surface area contributed by atoms with Crippen molar-refractivity contribution in [1.82, 2.24) is 4.98 Å². The van der Waals surface area contributed by atoms with Gasteiger partial charge in [0.25, 0.3) is 0 Å². The molecule has 1 N–H and O–H groups in total. The van der Waals surface area contributed by atoms with Crippen molar-refractivity contribution in [2.45, 2.75) is 6.54 Å². The summed E-state index contributed by atoms with van der Waals surface area (Å²) in [6.45, 7) is 0.228.